The van der Waals surface area contributed by atoms with E-state index in [0.717, 1.165) is 43.0 Å². The van der Waals surface area contributed by atoms with Crippen molar-refractivity contribution in [3.8, 4) is 0 Å². The Morgan fingerprint density at radius 1 is 1.42 bits per heavy atom. The molecule has 2 aromatic rings. The molecule has 2 aliphatic rings. The highest BCUT2D eigenvalue weighted by atomic mass is 16.4. The number of aryl methyl sites for hydroxylation is 2. The lowest BCUT2D eigenvalue weighted by molar-refractivity contribution is -0.129. The molecular weight excluding hydrogens is 304 g/mol. The van der Waals surface area contributed by atoms with E-state index in [2.05, 4.69) is 15.2 Å². The fourth-order valence-electron chi connectivity index (χ4n) is 4.31. The summed E-state index contributed by atoms with van der Waals surface area (Å²) in [5.74, 6) is 1.91. The van der Waals surface area contributed by atoms with E-state index in [1.165, 1.54) is 0 Å². The van der Waals surface area contributed by atoms with Crippen molar-refractivity contribution in [3.63, 3.8) is 0 Å². The zero-order valence-corrected chi connectivity index (χ0v) is 14.2. The Labute approximate surface area is 141 Å². The molecule has 0 radical (unpaired) electrons. The Morgan fingerprint density at radius 3 is 3.04 bits per heavy atom. The summed E-state index contributed by atoms with van der Waals surface area (Å²) in [6, 6.07) is 3.87. The van der Waals surface area contributed by atoms with Crippen molar-refractivity contribution < 1.29 is 9.21 Å². The Hall–Kier alpha value is -2.24. The first-order valence-corrected chi connectivity index (χ1v) is 8.57. The van der Waals surface area contributed by atoms with Gasteiger partial charge in [-0.3, -0.25) is 9.78 Å². The minimum Gasteiger partial charge on any atom is -0.425 e. The summed E-state index contributed by atoms with van der Waals surface area (Å²) in [6.45, 7) is 5.25. The van der Waals surface area contributed by atoms with Crippen LogP contribution in [0.25, 0.3) is 0 Å². The molecule has 0 unspecified atom stereocenters. The number of aromatic nitrogens is 3. The van der Waals surface area contributed by atoms with Crippen molar-refractivity contribution in [2.45, 2.75) is 44.9 Å². The SMILES string of the molecule is Cc1nnc([C@]23CCC[C@H]2CN(C(=O)Cc2cccnc2C)C3)o1. The number of carbonyl (C=O) groups excluding carboxylic acids is 1. The molecule has 1 saturated carbocycles. The van der Waals surface area contributed by atoms with Crippen molar-refractivity contribution in [2.24, 2.45) is 5.92 Å². The van der Waals surface area contributed by atoms with Gasteiger partial charge in [0.1, 0.15) is 0 Å². The second kappa shape index (κ2) is 5.69. The third-order valence-electron chi connectivity index (χ3n) is 5.63. The van der Waals surface area contributed by atoms with Crippen LogP contribution in [0.4, 0.5) is 0 Å². The summed E-state index contributed by atoms with van der Waals surface area (Å²) >= 11 is 0. The van der Waals surface area contributed by atoms with E-state index in [-0.39, 0.29) is 11.3 Å². The van der Waals surface area contributed by atoms with Crippen LogP contribution in [0.2, 0.25) is 0 Å². The highest BCUT2D eigenvalue weighted by Gasteiger charge is 2.54. The molecule has 2 atom stereocenters. The van der Waals surface area contributed by atoms with Crippen molar-refractivity contribution in [2.75, 3.05) is 13.1 Å². The van der Waals surface area contributed by atoms with Gasteiger partial charge in [0.25, 0.3) is 0 Å². The highest BCUT2D eigenvalue weighted by molar-refractivity contribution is 5.79. The number of fused-ring (bicyclic) bond motifs is 1. The monoisotopic (exact) mass is 326 g/mol. The van der Waals surface area contributed by atoms with Crippen molar-refractivity contribution in [1.29, 1.82) is 0 Å². The normalized spacial score (nSPS) is 25.9. The quantitative estimate of drug-likeness (QED) is 0.864. The minimum atomic E-state index is -0.138. The molecule has 1 aliphatic carbocycles. The van der Waals surface area contributed by atoms with Gasteiger partial charge in [-0.15, -0.1) is 10.2 Å². The molecule has 0 aromatic carbocycles. The number of amides is 1. The minimum absolute atomic E-state index is 0.138. The number of pyridine rings is 1. The van der Waals surface area contributed by atoms with Gasteiger partial charge in [0, 0.05) is 31.9 Å². The van der Waals surface area contributed by atoms with Gasteiger partial charge < -0.3 is 9.32 Å². The van der Waals surface area contributed by atoms with Crippen LogP contribution in [-0.4, -0.2) is 39.1 Å². The van der Waals surface area contributed by atoms with Gasteiger partial charge in [0.05, 0.1) is 11.8 Å². The van der Waals surface area contributed by atoms with E-state index in [4.69, 9.17) is 4.42 Å². The first-order valence-electron chi connectivity index (χ1n) is 8.57. The average molecular weight is 326 g/mol. The molecular formula is C18H22N4O2. The van der Waals surface area contributed by atoms with E-state index >= 15 is 0 Å². The summed E-state index contributed by atoms with van der Waals surface area (Å²) in [6.07, 6.45) is 5.48. The Balaban J connectivity index is 1.55. The molecule has 6 heteroatoms. The highest BCUT2D eigenvalue weighted by Crippen LogP contribution is 2.50. The zero-order valence-electron chi connectivity index (χ0n) is 14.2. The molecule has 2 fully saturated rings. The number of carbonyl (C=O) groups is 1. The summed E-state index contributed by atoms with van der Waals surface area (Å²) in [5, 5.41) is 8.30. The number of likely N-dealkylation sites (tertiary alicyclic amines) is 1. The van der Waals surface area contributed by atoms with Crippen LogP contribution >= 0.6 is 0 Å². The predicted octanol–water partition coefficient (Wildman–Crippen LogP) is 2.20. The van der Waals surface area contributed by atoms with Gasteiger partial charge in [0.15, 0.2) is 0 Å². The molecule has 1 amide bonds. The molecule has 2 aromatic heterocycles. The number of nitrogens with zero attached hydrogens (tertiary/aromatic N) is 4. The Bertz CT molecular complexity index is 772. The first-order chi connectivity index (χ1) is 11.6. The van der Waals surface area contributed by atoms with Crippen LogP contribution < -0.4 is 0 Å². The average Bonchev–Trinajstić information content (AvgIpc) is 3.23. The van der Waals surface area contributed by atoms with Crippen LogP contribution in [0, 0.1) is 19.8 Å². The fourth-order valence-corrected chi connectivity index (χ4v) is 4.31. The molecule has 1 saturated heterocycles. The van der Waals surface area contributed by atoms with Gasteiger partial charge in [-0.25, -0.2) is 0 Å². The zero-order chi connectivity index (χ0) is 16.7. The maximum atomic E-state index is 12.8. The summed E-state index contributed by atoms with van der Waals surface area (Å²) < 4.78 is 5.77. The second-order valence-electron chi connectivity index (χ2n) is 7.07. The molecule has 0 N–H and O–H groups in total. The molecule has 0 spiro atoms. The topological polar surface area (TPSA) is 72.1 Å². The van der Waals surface area contributed by atoms with Crippen LogP contribution in [0.1, 0.15) is 42.3 Å². The first kappa shape index (κ1) is 15.3. The third kappa shape index (κ3) is 2.41. The van der Waals surface area contributed by atoms with Crippen molar-refractivity contribution >= 4 is 5.91 Å². The summed E-state index contributed by atoms with van der Waals surface area (Å²) in [4.78, 5) is 19.1. The maximum Gasteiger partial charge on any atom is 0.227 e. The van der Waals surface area contributed by atoms with Crippen molar-refractivity contribution in [1.82, 2.24) is 20.1 Å². The lowest BCUT2D eigenvalue weighted by Gasteiger charge is -2.24. The lowest BCUT2D eigenvalue weighted by Crippen LogP contribution is -2.35. The number of hydrogen-bond donors (Lipinski definition) is 0. The number of rotatable bonds is 3. The van der Waals surface area contributed by atoms with Crippen molar-refractivity contribution in [3.05, 3.63) is 41.4 Å². The van der Waals surface area contributed by atoms with E-state index in [1.54, 1.807) is 6.20 Å². The molecule has 6 nitrogen and oxygen atoms in total. The van der Waals surface area contributed by atoms with Crippen LogP contribution in [0.3, 0.4) is 0 Å². The van der Waals surface area contributed by atoms with Gasteiger partial charge >= 0.3 is 0 Å². The maximum absolute atomic E-state index is 12.8. The largest absolute Gasteiger partial charge is 0.425 e. The fraction of sp³-hybridized carbons (Fsp3) is 0.556. The Morgan fingerprint density at radius 2 is 2.29 bits per heavy atom. The smallest absolute Gasteiger partial charge is 0.227 e. The van der Waals surface area contributed by atoms with Gasteiger partial charge in [0.2, 0.25) is 17.7 Å². The van der Waals surface area contributed by atoms with Crippen LogP contribution in [-0.2, 0) is 16.6 Å². The summed E-state index contributed by atoms with van der Waals surface area (Å²) in [5.41, 5.74) is 1.79. The van der Waals surface area contributed by atoms with Gasteiger partial charge in [-0.2, -0.15) is 0 Å². The van der Waals surface area contributed by atoms with E-state index in [1.807, 2.05) is 30.9 Å². The second-order valence-corrected chi connectivity index (χ2v) is 7.07. The van der Waals surface area contributed by atoms with E-state index in [0.29, 0.717) is 24.8 Å². The lowest BCUT2D eigenvalue weighted by atomic mass is 9.80. The van der Waals surface area contributed by atoms with Gasteiger partial charge in [-0.05, 0) is 37.3 Å². The molecule has 3 heterocycles. The Kier molecular flexibility index (Phi) is 3.62. The molecule has 126 valence electrons. The predicted molar refractivity (Wildman–Crippen MR) is 87.3 cm³/mol. The number of hydrogen-bond acceptors (Lipinski definition) is 5. The standard InChI is InChI=1S/C18H22N4O2/c1-12-14(5-4-8-19-12)9-16(23)22-10-15-6-3-7-18(15,11-22)17-21-20-13(2)24-17/h4-5,8,15H,3,6-7,9-11H2,1-2H3/t15-,18-/m0/s1. The summed E-state index contributed by atoms with van der Waals surface area (Å²) in [7, 11) is 0. The molecule has 4 rings (SSSR count). The van der Waals surface area contributed by atoms with E-state index < -0.39 is 0 Å². The van der Waals surface area contributed by atoms with Gasteiger partial charge in [-0.1, -0.05) is 12.5 Å². The third-order valence-corrected chi connectivity index (χ3v) is 5.63. The van der Waals surface area contributed by atoms with E-state index in [9.17, 15) is 4.79 Å². The molecule has 24 heavy (non-hydrogen) atoms. The molecule has 0 bridgehead atoms. The molecule has 1 aliphatic heterocycles. The van der Waals surface area contributed by atoms with Crippen LogP contribution in [0.15, 0.2) is 22.7 Å². The van der Waals surface area contributed by atoms with Crippen LogP contribution in [0.5, 0.6) is 0 Å².